The first kappa shape index (κ1) is 13.5. The molecule has 6 heteroatoms. The van der Waals surface area contributed by atoms with Crippen molar-refractivity contribution in [1.82, 2.24) is 5.32 Å². The van der Waals surface area contributed by atoms with E-state index in [0.717, 1.165) is 18.9 Å². The number of rotatable bonds is 4. The Bertz CT molecular complexity index is 507. The first-order chi connectivity index (χ1) is 8.87. The zero-order valence-corrected chi connectivity index (χ0v) is 9.96. The van der Waals surface area contributed by atoms with Gasteiger partial charge in [-0.1, -0.05) is 12.7 Å². The summed E-state index contributed by atoms with van der Waals surface area (Å²) in [6.45, 7) is 3.47. The lowest BCUT2D eigenvalue weighted by Crippen LogP contribution is -2.25. The van der Waals surface area contributed by atoms with E-state index in [9.17, 15) is 18.0 Å². The van der Waals surface area contributed by atoms with Gasteiger partial charge in [0, 0.05) is 11.6 Å². The van der Waals surface area contributed by atoms with Gasteiger partial charge in [-0.25, -0.2) is 0 Å². The lowest BCUT2D eigenvalue weighted by molar-refractivity contribution is -0.274. The molecule has 1 N–H and O–H groups in total. The lowest BCUT2D eigenvalue weighted by Gasteiger charge is -2.11. The third-order valence-corrected chi connectivity index (χ3v) is 2.57. The molecule has 3 nitrogen and oxygen atoms in total. The van der Waals surface area contributed by atoms with Crippen LogP contribution in [0.25, 0.3) is 6.08 Å². The van der Waals surface area contributed by atoms with Gasteiger partial charge in [-0.3, -0.25) is 4.79 Å². The highest BCUT2D eigenvalue weighted by atomic mass is 19.4. The summed E-state index contributed by atoms with van der Waals surface area (Å²) in [5.41, 5.74) is 0.520. The zero-order valence-electron chi connectivity index (χ0n) is 9.96. The summed E-state index contributed by atoms with van der Waals surface area (Å²) in [7, 11) is 0. The van der Waals surface area contributed by atoms with E-state index in [4.69, 9.17) is 0 Å². The smallest absolute Gasteiger partial charge is 0.406 e. The van der Waals surface area contributed by atoms with Crippen molar-refractivity contribution in [1.29, 1.82) is 0 Å². The summed E-state index contributed by atoms with van der Waals surface area (Å²) >= 11 is 0. The Morgan fingerprint density at radius 3 is 2.58 bits per heavy atom. The number of benzene rings is 1. The average molecular weight is 271 g/mol. The summed E-state index contributed by atoms with van der Waals surface area (Å²) < 4.78 is 40.4. The van der Waals surface area contributed by atoms with E-state index in [2.05, 4.69) is 16.6 Å². The lowest BCUT2D eigenvalue weighted by atomic mass is 10.1. The molecule has 1 aliphatic carbocycles. The largest absolute Gasteiger partial charge is 0.573 e. The number of hydrogen-bond donors (Lipinski definition) is 1. The average Bonchev–Trinajstić information content (AvgIpc) is 3.10. The molecular formula is C13H12F3NO2. The summed E-state index contributed by atoms with van der Waals surface area (Å²) in [5.74, 6) is -0.830. The molecule has 1 aliphatic rings. The van der Waals surface area contributed by atoms with Crippen LogP contribution in [0.2, 0.25) is 0 Å². The van der Waals surface area contributed by atoms with Crippen LogP contribution in [-0.4, -0.2) is 18.3 Å². The molecule has 0 heterocycles. The Labute approximate surface area is 108 Å². The molecule has 0 spiro atoms. The van der Waals surface area contributed by atoms with Crippen LogP contribution in [0.5, 0.6) is 5.75 Å². The van der Waals surface area contributed by atoms with Gasteiger partial charge in [0.2, 0.25) is 0 Å². The number of halogens is 3. The van der Waals surface area contributed by atoms with Crippen molar-refractivity contribution in [2.45, 2.75) is 25.2 Å². The number of carbonyl (C=O) groups is 1. The van der Waals surface area contributed by atoms with Crippen molar-refractivity contribution in [3.8, 4) is 5.75 Å². The number of ether oxygens (including phenoxy) is 1. The fraction of sp³-hybridized carbons (Fsp3) is 0.308. The highest BCUT2D eigenvalue weighted by Crippen LogP contribution is 2.26. The molecular weight excluding hydrogens is 259 g/mol. The second-order valence-electron chi connectivity index (χ2n) is 4.29. The third kappa shape index (κ3) is 4.01. The minimum Gasteiger partial charge on any atom is -0.406 e. The van der Waals surface area contributed by atoms with Crippen LogP contribution in [0.15, 0.2) is 24.8 Å². The maximum atomic E-state index is 12.2. The normalized spacial score (nSPS) is 14.9. The zero-order chi connectivity index (χ0) is 14.0. The number of amides is 1. The van der Waals surface area contributed by atoms with E-state index in [1.54, 1.807) is 0 Å². The van der Waals surface area contributed by atoms with Gasteiger partial charge in [0.05, 0.1) is 0 Å². The molecule has 0 aliphatic heterocycles. The van der Waals surface area contributed by atoms with Crippen LogP contribution in [0, 0.1) is 0 Å². The van der Waals surface area contributed by atoms with Crippen LogP contribution in [0.3, 0.4) is 0 Å². The molecule has 1 aromatic rings. The van der Waals surface area contributed by atoms with Crippen molar-refractivity contribution in [3.05, 3.63) is 35.9 Å². The maximum absolute atomic E-state index is 12.2. The summed E-state index contributed by atoms with van der Waals surface area (Å²) in [6, 6.07) is 3.84. The summed E-state index contributed by atoms with van der Waals surface area (Å²) in [4.78, 5) is 11.8. The number of nitrogens with one attached hydrogen (secondary N) is 1. The summed E-state index contributed by atoms with van der Waals surface area (Å²) in [5, 5.41) is 2.70. The van der Waals surface area contributed by atoms with E-state index in [1.807, 2.05) is 0 Å². The van der Waals surface area contributed by atoms with Crippen molar-refractivity contribution in [2.24, 2.45) is 0 Å². The quantitative estimate of drug-likeness (QED) is 0.913. The minimum absolute atomic E-state index is 0.128. The topological polar surface area (TPSA) is 38.3 Å². The molecule has 0 bridgehead atoms. The molecule has 0 saturated heterocycles. The molecule has 0 atom stereocenters. The first-order valence-corrected chi connectivity index (χ1v) is 5.71. The van der Waals surface area contributed by atoms with Crippen LogP contribution < -0.4 is 10.1 Å². The van der Waals surface area contributed by atoms with Crippen molar-refractivity contribution < 1.29 is 22.7 Å². The van der Waals surface area contributed by atoms with Gasteiger partial charge in [0.1, 0.15) is 5.75 Å². The van der Waals surface area contributed by atoms with Crippen molar-refractivity contribution in [2.75, 3.05) is 0 Å². The van der Waals surface area contributed by atoms with Gasteiger partial charge in [-0.15, -0.1) is 13.2 Å². The van der Waals surface area contributed by atoms with Gasteiger partial charge in [0.25, 0.3) is 5.91 Å². The SMILES string of the molecule is C=Cc1cc(OC(F)(F)F)cc(C(=O)NC2CC2)c1. The highest BCUT2D eigenvalue weighted by molar-refractivity contribution is 5.95. The third-order valence-electron chi connectivity index (χ3n) is 2.57. The Morgan fingerprint density at radius 2 is 2.05 bits per heavy atom. The molecule has 102 valence electrons. The highest BCUT2D eigenvalue weighted by Gasteiger charge is 2.31. The van der Waals surface area contributed by atoms with Crippen LogP contribution in [0.4, 0.5) is 13.2 Å². The Balaban J connectivity index is 2.24. The molecule has 0 radical (unpaired) electrons. The predicted molar refractivity (Wildman–Crippen MR) is 63.7 cm³/mol. The van der Waals surface area contributed by atoms with Gasteiger partial charge < -0.3 is 10.1 Å². The fourth-order valence-corrected chi connectivity index (χ4v) is 1.56. The first-order valence-electron chi connectivity index (χ1n) is 5.71. The van der Waals surface area contributed by atoms with E-state index in [-0.39, 0.29) is 11.6 Å². The minimum atomic E-state index is -4.79. The van der Waals surface area contributed by atoms with E-state index in [0.29, 0.717) is 5.56 Å². The summed E-state index contributed by atoms with van der Waals surface area (Å²) in [6.07, 6.45) is -1.63. The van der Waals surface area contributed by atoms with Crippen LogP contribution in [-0.2, 0) is 0 Å². The van der Waals surface area contributed by atoms with Crippen molar-refractivity contribution >= 4 is 12.0 Å². The van der Waals surface area contributed by atoms with Gasteiger partial charge in [-0.2, -0.15) is 0 Å². The van der Waals surface area contributed by atoms with Gasteiger partial charge in [-0.05, 0) is 36.6 Å². The fourth-order valence-electron chi connectivity index (χ4n) is 1.56. The molecule has 1 amide bonds. The van der Waals surface area contributed by atoms with E-state index < -0.39 is 18.0 Å². The van der Waals surface area contributed by atoms with E-state index in [1.165, 1.54) is 18.2 Å². The van der Waals surface area contributed by atoms with Gasteiger partial charge >= 0.3 is 6.36 Å². The van der Waals surface area contributed by atoms with Crippen LogP contribution in [0.1, 0.15) is 28.8 Å². The molecule has 19 heavy (non-hydrogen) atoms. The number of carbonyl (C=O) groups excluding carboxylic acids is 1. The van der Waals surface area contributed by atoms with Crippen LogP contribution >= 0.6 is 0 Å². The monoisotopic (exact) mass is 271 g/mol. The Morgan fingerprint density at radius 1 is 1.37 bits per heavy atom. The molecule has 1 saturated carbocycles. The Hall–Kier alpha value is -1.98. The maximum Gasteiger partial charge on any atom is 0.573 e. The molecule has 1 aromatic carbocycles. The predicted octanol–water partition coefficient (Wildman–Crippen LogP) is 3.12. The molecule has 1 fully saturated rings. The molecule has 0 aromatic heterocycles. The molecule has 2 rings (SSSR count). The molecule has 0 unspecified atom stereocenters. The van der Waals surface area contributed by atoms with Crippen molar-refractivity contribution in [3.63, 3.8) is 0 Å². The Kier molecular flexibility index (Phi) is 3.50. The van der Waals surface area contributed by atoms with Gasteiger partial charge in [0.15, 0.2) is 0 Å². The number of hydrogen-bond acceptors (Lipinski definition) is 2. The van der Waals surface area contributed by atoms with E-state index >= 15 is 0 Å². The second-order valence-corrected chi connectivity index (χ2v) is 4.29. The standard InChI is InChI=1S/C13H12F3NO2/c1-2-8-5-9(12(18)17-10-3-4-10)7-11(6-8)19-13(14,15)16/h2,5-7,10H,1,3-4H2,(H,17,18). The number of alkyl halides is 3. The second kappa shape index (κ2) is 4.95.